The van der Waals surface area contributed by atoms with Crippen LogP contribution in [0.15, 0.2) is 70.7 Å². The van der Waals surface area contributed by atoms with E-state index in [1.54, 1.807) is 12.5 Å². The Kier molecular flexibility index (Phi) is 6.29. The molecule has 154 valence electrons. The van der Waals surface area contributed by atoms with Crippen LogP contribution in [0.2, 0.25) is 0 Å². The standard InChI is InChI=1S/C21H22N6O2S/c1-2-27-20(18-5-3-12-29-18)24-25-21(27)30-15-19(28)22-13-16-6-8-17(9-7-16)14-26-11-4-10-23-26/h3-12H,2,13-15H2,1H3,(H,22,28). The van der Waals surface area contributed by atoms with Gasteiger partial charge in [0.05, 0.1) is 18.6 Å². The number of hydrogen-bond donors (Lipinski definition) is 1. The van der Waals surface area contributed by atoms with Crippen LogP contribution < -0.4 is 5.32 Å². The monoisotopic (exact) mass is 422 g/mol. The zero-order valence-corrected chi connectivity index (χ0v) is 17.4. The molecular formula is C21H22N6O2S. The molecule has 0 aliphatic rings. The van der Waals surface area contributed by atoms with Gasteiger partial charge in [-0.25, -0.2) is 0 Å². The number of benzene rings is 1. The van der Waals surface area contributed by atoms with Crippen LogP contribution >= 0.6 is 11.8 Å². The Morgan fingerprint density at radius 1 is 1.13 bits per heavy atom. The quantitative estimate of drug-likeness (QED) is 0.417. The zero-order valence-electron chi connectivity index (χ0n) is 16.6. The van der Waals surface area contributed by atoms with Crippen LogP contribution in [0.4, 0.5) is 0 Å². The first-order valence-electron chi connectivity index (χ1n) is 9.64. The molecule has 3 heterocycles. The lowest BCUT2D eigenvalue weighted by Gasteiger charge is -2.08. The van der Waals surface area contributed by atoms with Crippen LogP contribution in [-0.2, 0) is 24.4 Å². The van der Waals surface area contributed by atoms with Crippen molar-refractivity contribution >= 4 is 17.7 Å². The van der Waals surface area contributed by atoms with Gasteiger partial charge in [0.15, 0.2) is 16.7 Å². The summed E-state index contributed by atoms with van der Waals surface area (Å²) in [4.78, 5) is 12.3. The molecule has 0 unspecified atom stereocenters. The third kappa shape index (κ3) is 4.80. The molecule has 0 spiro atoms. The van der Waals surface area contributed by atoms with E-state index in [0.29, 0.717) is 29.8 Å². The van der Waals surface area contributed by atoms with Crippen molar-refractivity contribution in [2.75, 3.05) is 5.75 Å². The lowest BCUT2D eigenvalue weighted by molar-refractivity contribution is -0.118. The van der Waals surface area contributed by atoms with Crippen LogP contribution in [0.3, 0.4) is 0 Å². The van der Waals surface area contributed by atoms with Crippen molar-refractivity contribution < 1.29 is 9.21 Å². The van der Waals surface area contributed by atoms with E-state index in [1.807, 2.05) is 52.7 Å². The van der Waals surface area contributed by atoms with Crippen molar-refractivity contribution in [2.45, 2.75) is 31.7 Å². The molecule has 9 heteroatoms. The van der Waals surface area contributed by atoms with Gasteiger partial charge in [0, 0.05) is 25.5 Å². The summed E-state index contributed by atoms with van der Waals surface area (Å²) in [6.45, 7) is 3.92. The van der Waals surface area contributed by atoms with E-state index in [2.05, 4.69) is 32.7 Å². The maximum absolute atomic E-state index is 12.3. The van der Waals surface area contributed by atoms with E-state index in [-0.39, 0.29) is 11.7 Å². The van der Waals surface area contributed by atoms with Gasteiger partial charge in [-0.3, -0.25) is 14.0 Å². The zero-order chi connectivity index (χ0) is 20.8. The maximum Gasteiger partial charge on any atom is 0.230 e. The predicted molar refractivity (Wildman–Crippen MR) is 114 cm³/mol. The summed E-state index contributed by atoms with van der Waals surface area (Å²) >= 11 is 1.36. The average molecular weight is 423 g/mol. The number of aromatic nitrogens is 5. The first-order chi connectivity index (χ1) is 14.7. The molecule has 0 saturated heterocycles. The molecule has 0 atom stereocenters. The molecule has 1 N–H and O–H groups in total. The van der Waals surface area contributed by atoms with Gasteiger partial charge in [0.2, 0.25) is 5.91 Å². The first-order valence-corrected chi connectivity index (χ1v) is 10.6. The van der Waals surface area contributed by atoms with E-state index in [1.165, 1.54) is 11.8 Å². The number of carbonyl (C=O) groups is 1. The fourth-order valence-corrected chi connectivity index (χ4v) is 3.83. The second-order valence-corrected chi connectivity index (χ2v) is 7.56. The summed E-state index contributed by atoms with van der Waals surface area (Å²) in [6.07, 6.45) is 5.31. The van der Waals surface area contributed by atoms with Gasteiger partial charge >= 0.3 is 0 Å². The van der Waals surface area contributed by atoms with Crippen molar-refractivity contribution in [2.24, 2.45) is 0 Å². The van der Waals surface area contributed by atoms with Crippen molar-refractivity contribution in [3.05, 3.63) is 72.2 Å². The molecule has 4 rings (SSSR count). The van der Waals surface area contributed by atoms with Crippen LogP contribution in [-0.4, -0.2) is 36.2 Å². The van der Waals surface area contributed by atoms with Crippen LogP contribution in [0.5, 0.6) is 0 Å². The van der Waals surface area contributed by atoms with Crippen LogP contribution in [0.25, 0.3) is 11.6 Å². The van der Waals surface area contributed by atoms with E-state index in [4.69, 9.17) is 4.42 Å². The second kappa shape index (κ2) is 9.45. The summed E-state index contributed by atoms with van der Waals surface area (Å²) < 4.78 is 9.22. The Labute approximate surface area is 178 Å². The number of furan rings is 1. The van der Waals surface area contributed by atoms with Gasteiger partial charge in [0.1, 0.15) is 0 Å². The molecular weight excluding hydrogens is 400 g/mol. The van der Waals surface area contributed by atoms with E-state index >= 15 is 0 Å². The summed E-state index contributed by atoms with van der Waals surface area (Å²) in [5.74, 6) is 1.55. The maximum atomic E-state index is 12.3. The van der Waals surface area contributed by atoms with Gasteiger partial charge in [-0.2, -0.15) is 5.10 Å². The second-order valence-electron chi connectivity index (χ2n) is 6.61. The van der Waals surface area contributed by atoms with Crippen LogP contribution in [0, 0.1) is 0 Å². The molecule has 0 radical (unpaired) electrons. The molecule has 30 heavy (non-hydrogen) atoms. The van der Waals surface area contributed by atoms with Gasteiger partial charge in [0.25, 0.3) is 0 Å². The molecule has 4 aromatic rings. The number of rotatable bonds is 9. The minimum atomic E-state index is -0.0502. The average Bonchev–Trinajstić information content (AvgIpc) is 3.53. The SMILES string of the molecule is CCn1c(SCC(=O)NCc2ccc(Cn3cccn3)cc2)nnc1-c1ccco1. The third-order valence-electron chi connectivity index (χ3n) is 4.52. The summed E-state index contributed by atoms with van der Waals surface area (Å²) in [6, 6.07) is 13.7. The first kappa shape index (κ1) is 20.0. The molecule has 0 saturated carbocycles. The summed E-state index contributed by atoms with van der Waals surface area (Å²) in [5, 5.41) is 16.3. The minimum absolute atomic E-state index is 0.0502. The molecule has 3 aromatic heterocycles. The fourth-order valence-electron chi connectivity index (χ4n) is 2.99. The highest BCUT2D eigenvalue weighted by atomic mass is 32.2. The molecule has 0 fully saturated rings. The van der Waals surface area contributed by atoms with E-state index in [0.717, 1.165) is 17.7 Å². The fraction of sp³-hybridized carbons (Fsp3) is 0.238. The lowest BCUT2D eigenvalue weighted by atomic mass is 10.1. The third-order valence-corrected chi connectivity index (χ3v) is 5.49. The molecule has 0 aliphatic heterocycles. The van der Waals surface area contributed by atoms with Gasteiger partial charge in [-0.1, -0.05) is 36.0 Å². The Morgan fingerprint density at radius 3 is 2.67 bits per heavy atom. The lowest BCUT2D eigenvalue weighted by Crippen LogP contribution is -2.24. The van der Waals surface area contributed by atoms with Gasteiger partial charge in [-0.15, -0.1) is 10.2 Å². The molecule has 1 amide bonds. The van der Waals surface area contributed by atoms with E-state index < -0.39 is 0 Å². The van der Waals surface area contributed by atoms with Gasteiger partial charge in [-0.05, 0) is 36.2 Å². The summed E-state index contributed by atoms with van der Waals surface area (Å²) in [7, 11) is 0. The van der Waals surface area contributed by atoms with Crippen molar-refractivity contribution in [1.29, 1.82) is 0 Å². The Morgan fingerprint density at radius 2 is 1.97 bits per heavy atom. The Balaban J connectivity index is 1.27. The molecule has 1 aromatic carbocycles. The normalized spacial score (nSPS) is 11.0. The van der Waals surface area contributed by atoms with E-state index in [9.17, 15) is 4.79 Å². The predicted octanol–water partition coefficient (Wildman–Crippen LogP) is 3.21. The highest BCUT2D eigenvalue weighted by molar-refractivity contribution is 7.99. The number of carbonyl (C=O) groups excluding carboxylic acids is 1. The Hall–Kier alpha value is -3.33. The molecule has 0 bridgehead atoms. The summed E-state index contributed by atoms with van der Waals surface area (Å²) in [5.41, 5.74) is 2.21. The number of amides is 1. The molecule has 8 nitrogen and oxygen atoms in total. The van der Waals surface area contributed by atoms with Crippen LogP contribution in [0.1, 0.15) is 18.1 Å². The van der Waals surface area contributed by atoms with Crippen molar-refractivity contribution in [3.8, 4) is 11.6 Å². The smallest absolute Gasteiger partial charge is 0.230 e. The molecule has 0 aliphatic carbocycles. The number of nitrogens with one attached hydrogen (secondary N) is 1. The topological polar surface area (TPSA) is 90.8 Å². The highest BCUT2D eigenvalue weighted by Crippen LogP contribution is 2.24. The van der Waals surface area contributed by atoms with Gasteiger partial charge < -0.3 is 9.73 Å². The highest BCUT2D eigenvalue weighted by Gasteiger charge is 2.16. The van der Waals surface area contributed by atoms with Crippen molar-refractivity contribution in [1.82, 2.24) is 29.9 Å². The number of nitrogens with zero attached hydrogens (tertiary/aromatic N) is 5. The minimum Gasteiger partial charge on any atom is -0.461 e. The van der Waals surface area contributed by atoms with Crippen molar-refractivity contribution in [3.63, 3.8) is 0 Å². The Bertz CT molecular complexity index is 1070. The number of hydrogen-bond acceptors (Lipinski definition) is 6. The number of thioether (sulfide) groups is 1. The largest absolute Gasteiger partial charge is 0.461 e.